The first-order valence-electron chi connectivity index (χ1n) is 5.13. The standard InChI is InChI=1S/C12H7F3N2O2/c13-7-3-1-2-6(4-7)11-16-5-8(12(18)19)9(17-11)10(14)15/h1-5,10H,(H,18,19). The molecular formula is C12H7F3N2O2. The predicted molar refractivity (Wildman–Crippen MR) is 59.3 cm³/mol. The summed E-state index contributed by atoms with van der Waals surface area (Å²) in [5.74, 6) is -2.26. The molecule has 0 saturated heterocycles. The number of hydrogen-bond acceptors (Lipinski definition) is 3. The van der Waals surface area contributed by atoms with Crippen LogP contribution in [0.15, 0.2) is 30.5 Å². The second-order valence-electron chi connectivity index (χ2n) is 3.61. The van der Waals surface area contributed by atoms with Crippen molar-refractivity contribution in [3.05, 3.63) is 47.5 Å². The van der Waals surface area contributed by atoms with Gasteiger partial charge in [-0.25, -0.2) is 27.9 Å². The van der Waals surface area contributed by atoms with Crippen LogP contribution in [0.5, 0.6) is 0 Å². The molecule has 0 aliphatic rings. The first kappa shape index (κ1) is 13.0. The molecule has 0 aliphatic heterocycles. The summed E-state index contributed by atoms with van der Waals surface area (Å²) in [6.45, 7) is 0. The molecule has 1 N–H and O–H groups in total. The molecule has 0 spiro atoms. The molecule has 1 aromatic carbocycles. The molecule has 2 rings (SSSR count). The van der Waals surface area contributed by atoms with Crippen molar-refractivity contribution >= 4 is 5.97 Å². The van der Waals surface area contributed by atoms with Gasteiger partial charge >= 0.3 is 5.97 Å². The molecule has 0 bridgehead atoms. The number of nitrogens with zero attached hydrogens (tertiary/aromatic N) is 2. The van der Waals surface area contributed by atoms with Crippen LogP contribution in [0.1, 0.15) is 22.5 Å². The summed E-state index contributed by atoms with van der Waals surface area (Å²) in [6, 6.07) is 5.07. The van der Waals surface area contributed by atoms with Gasteiger partial charge in [0.25, 0.3) is 6.43 Å². The first-order valence-corrected chi connectivity index (χ1v) is 5.13. The maximum absolute atomic E-state index is 13.0. The molecule has 1 heterocycles. The van der Waals surface area contributed by atoms with E-state index >= 15 is 0 Å². The van der Waals surface area contributed by atoms with E-state index in [0.717, 1.165) is 12.3 Å². The largest absolute Gasteiger partial charge is 0.478 e. The van der Waals surface area contributed by atoms with Gasteiger partial charge in [-0.15, -0.1) is 0 Å². The van der Waals surface area contributed by atoms with Gasteiger partial charge in [0, 0.05) is 11.8 Å². The lowest BCUT2D eigenvalue weighted by Gasteiger charge is -2.06. The van der Waals surface area contributed by atoms with Gasteiger partial charge in [0.15, 0.2) is 5.82 Å². The molecule has 2 aromatic rings. The highest BCUT2D eigenvalue weighted by atomic mass is 19.3. The Hall–Kier alpha value is -2.44. The summed E-state index contributed by atoms with van der Waals surface area (Å²) >= 11 is 0. The molecule has 7 heteroatoms. The smallest absolute Gasteiger partial charge is 0.339 e. The number of hydrogen-bond donors (Lipinski definition) is 1. The van der Waals surface area contributed by atoms with E-state index < -0.39 is 29.5 Å². The fourth-order valence-corrected chi connectivity index (χ4v) is 1.49. The molecule has 19 heavy (non-hydrogen) atoms. The summed E-state index contributed by atoms with van der Waals surface area (Å²) in [4.78, 5) is 17.9. The predicted octanol–water partition coefficient (Wildman–Crippen LogP) is 2.92. The summed E-state index contributed by atoms with van der Waals surface area (Å²) < 4.78 is 38.5. The van der Waals surface area contributed by atoms with Crippen molar-refractivity contribution in [3.8, 4) is 11.4 Å². The van der Waals surface area contributed by atoms with Crippen molar-refractivity contribution < 1.29 is 23.1 Å². The third kappa shape index (κ3) is 2.70. The molecular weight excluding hydrogens is 261 g/mol. The van der Waals surface area contributed by atoms with Crippen LogP contribution in [0, 0.1) is 5.82 Å². The number of aromatic carboxylic acids is 1. The normalized spacial score (nSPS) is 10.7. The summed E-state index contributed by atoms with van der Waals surface area (Å²) in [5.41, 5.74) is -1.37. The summed E-state index contributed by atoms with van der Waals surface area (Å²) in [5, 5.41) is 8.75. The van der Waals surface area contributed by atoms with Gasteiger partial charge in [0.2, 0.25) is 0 Å². The van der Waals surface area contributed by atoms with Crippen LogP contribution in [0.3, 0.4) is 0 Å². The third-order valence-corrected chi connectivity index (χ3v) is 2.34. The zero-order valence-corrected chi connectivity index (χ0v) is 9.35. The Labute approximate surface area is 105 Å². The van der Waals surface area contributed by atoms with Gasteiger partial charge in [-0.2, -0.15) is 0 Å². The van der Waals surface area contributed by atoms with E-state index in [1.165, 1.54) is 18.2 Å². The van der Waals surface area contributed by atoms with Gasteiger partial charge in [0.05, 0.1) is 0 Å². The SMILES string of the molecule is O=C(O)c1cnc(-c2cccc(F)c2)nc1C(F)F. The topological polar surface area (TPSA) is 63.1 Å². The van der Waals surface area contributed by atoms with E-state index in [2.05, 4.69) is 9.97 Å². The molecule has 98 valence electrons. The Balaban J connectivity index is 2.55. The van der Waals surface area contributed by atoms with E-state index in [9.17, 15) is 18.0 Å². The highest BCUT2D eigenvalue weighted by Gasteiger charge is 2.21. The van der Waals surface area contributed by atoms with Crippen LogP contribution >= 0.6 is 0 Å². The highest BCUT2D eigenvalue weighted by Crippen LogP contribution is 2.24. The summed E-state index contributed by atoms with van der Waals surface area (Å²) in [7, 11) is 0. The zero-order chi connectivity index (χ0) is 14.0. The molecule has 4 nitrogen and oxygen atoms in total. The second kappa shape index (κ2) is 5.05. The van der Waals surface area contributed by atoms with Gasteiger partial charge in [-0.05, 0) is 12.1 Å². The summed E-state index contributed by atoms with van der Waals surface area (Å²) in [6.07, 6.45) is -2.27. The lowest BCUT2D eigenvalue weighted by atomic mass is 10.2. The van der Waals surface area contributed by atoms with Crippen LogP contribution in [0.25, 0.3) is 11.4 Å². The van der Waals surface area contributed by atoms with Crippen molar-refractivity contribution in [2.24, 2.45) is 0 Å². The molecule has 0 saturated carbocycles. The van der Waals surface area contributed by atoms with E-state index in [4.69, 9.17) is 5.11 Å². The Morgan fingerprint density at radius 1 is 1.32 bits per heavy atom. The van der Waals surface area contributed by atoms with Gasteiger partial charge in [-0.1, -0.05) is 12.1 Å². The fraction of sp³-hybridized carbons (Fsp3) is 0.0833. The molecule has 0 unspecified atom stereocenters. The molecule has 0 fully saturated rings. The average molecular weight is 268 g/mol. The minimum Gasteiger partial charge on any atom is -0.478 e. The number of carboxylic acids is 1. The zero-order valence-electron chi connectivity index (χ0n) is 9.35. The van der Waals surface area contributed by atoms with E-state index in [1.807, 2.05) is 0 Å². The number of rotatable bonds is 3. The first-order chi connectivity index (χ1) is 8.99. The minimum atomic E-state index is -3.05. The number of aromatic nitrogens is 2. The molecule has 1 aromatic heterocycles. The third-order valence-electron chi connectivity index (χ3n) is 2.34. The van der Waals surface area contributed by atoms with E-state index in [1.54, 1.807) is 0 Å². The number of carboxylic acid groups (broad SMARTS) is 1. The minimum absolute atomic E-state index is 0.153. The number of halogens is 3. The Morgan fingerprint density at radius 2 is 2.05 bits per heavy atom. The fourth-order valence-electron chi connectivity index (χ4n) is 1.49. The van der Waals surface area contributed by atoms with Crippen molar-refractivity contribution in [3.63, 3.8) is 0 Å². The van der Waals surface area contributed by atoms with Crippen LogP contribution < -0.4 is 0 Å². The maximum atomic E-state index is 13.0. The average Bonchev–Trinajstić information content (AvgIpc) is 2.37. The molecule has 0 atom stereocenters. The van der Waals surface area contributed by atoms with Gasteiger partial charge in [0.1, 0.15) is 17.1 Å². The van der Waals surface area contributed by atoms with Crippen LogP contribution in [0.4, 0.5) is 13.2 Å². The second-order valence-corrected chi connectivity index (χ2v) is 3.61. The lowest BCUT2D eigenvalue weighted by Crippen LogP contribution is -2.08. The van der Waals surface area contributed by atoms with Crippen molar-refractivity contribution in [1.82, 2.24) is 9.97 Å². The van der Waals surface area contributed by atoms with E-state index in [-0.39, 0.29) is 11.4 Å². The Morgan fingerprint density at radius 3 is 2.63 bits per heavy atom. The highest BCUT2D eigenvalue weighted by molar-refractivity contribution is 5.88. The maximum Gasteiger partial charge on any atom is 0.339 e. The van der Waals surface area contributed by atoms with Gasteiger partial charge in [-0.3, -0.25) is 0 Å². The quantitative estimate of drug-likeness (QED) is 0.929. The van der Waals surface area contributed by atoms with Gasteiger partial charge < -0.3 is 5.11 Å². The van der Waals surface area contributed by atoms with Crippen LogP contribution in [0.2, 0.25) is 0 Å². The number of alkyl halides is 2. The monoisotopic (exact) mass is 268 g/mol. The molecule has 0 aliphatic carbocycles. The number of benzene rings is 1. The molecule has 0 radical (unpaired) electrons. The number of carbonyl (C=O) groups is 1. The van der Waals surface area contributed by atoms with Crippen molar-refractivity contribution in [2.45, 2.75) is 6.43 Å². The Kier molecular flexibility index (Phi) is 3.46. The molecule has 0 amide bonds. The van der Waals surface area contributed by atoms with Crippen LogP contribution in [-0.4, -0.2) is 21.0 Å². The van der Waals surface area contributed by atoms with Crippen LogP contribution in [-0.2, 0) is 0 Å². The van der Waals surface area contributed by atoms with Crippen molar-refractivity contribution in [2.75, 3.05) is 0 Å². The Bertz CT molecular complexity index is 632. The van der Waals surface area contributed by atoms with E-state index in [0.29, 0.717) is 0 Å². The van der Waals surface area contributed by atoms with Crippen molar-refractivity contribution in [1.29, 1.82) is 0 Å². The lowest BCUT2D eigenvalue weighted by molar-refractivity contribution is 0.0681.